The van der Waals surface area contributed by atoms with Gasteiger partial charge in [0.25, 0.3) is 0 Å². The lowest BCUT2D eigenvalue weighted by molar-refractivity contribution is 0.0588. The molecule has 1 heterocycles. The van der Waals surface area contributed by atoms with Gasteiger partial charge in [-0.25, -0.2) is 9.78 Å². The van der Waals surface area contributed by atoms with Crippen molar-refractivity contribution in [2.45, 2.75) is 0 Å². The monoisotopic (exact) mass is 254 g/mol. The van der Waals surface area contributed by atoms with Crippen LogP contribution in [0.15, 0.2) is 22.7 Å². The molecule has 4 nitrogen and oxygen atoms in total. The van der Waals surface area contributed by atoms with E-state index in [9.17, 15) is 4.79 Å². The Morgan fingerprint density at radius 3 is 3.00 bits per heavy atom. The Morgan fingerprint density at radius 2 is 2.36 bits per heavy atom. The van der Waals surface area contributed by atoms with E-state index in [0.717, 1.165) is 15.5 Å². The van der Waals surface area contributed by atoms with Crippen molar-refractivity contribution in [3.8, 4) is 0 Å². The molecule has 0 aliphatic heterocycles. The second-order valence-corrected chi connectivity index (χ2v) is 3.57. The number of nitrogens with zero attached hydrogens (tertiary/aromatic N) is 1. The highest BCUT2D eigenvalue weighted by Gasteiger charge is 2.12. The quantitative estimate of drug-likeness (QED) is 0.794. The van der Waals surface area contributed by atoms with Crippen molar-refractivity contribution in [1.29, 1.82) is 0 Å². The molecule has 0 radical (unpaired) electrons. The van der Waals surface area contributed by atoms with E-state index in [1.807, 2.05) is 18.2 Å². The molecule has 2 aromatic rings. The summed E-state index contributed by atoms with van der Waals surface area (Å²) in [6.45, 7) is 0. The number of esters is 1. The molecule has 1 aromatic heterocycles. The normalized spacial score (nSPS) is 10.4. The first kappa shape index (κ1) is 9.21. The van der Waals surface area contributed by atoms with E-state index in [2.05, 4.69) is 30.6 Å². The van der Waals surface area contributed by atoms with Gasteiger partial charge in [0, 0.05) is 4.47 Å². The number of nitrogens with one attached hydrogen (secondary N) is 1. The van der Waals surface area contributed by atoms with Crippen LogP contribution in [0.4, 0.5) is 0 Å². The number of halogens is 1. The van der Waals surface area contributed by atoms with Crippen molar-refractivity contribution in [3.63, 3.8) is 0 Å². The molecular formula is C9H7BrN2O2. The molecular weight excluding hydrogens is 248 g/mol. The van der Waals surface area contributed by atoms with Gasteiger partial charge in [0.2, 0.25) is 5.82 Å². The molecule has 0 spiro atoms. The van der Waals surface area contributed by atoms with Gasteiger partial charge in [-0.2, -0.15) is 0 Å². The van der Waals surface area contributed by atoms with Crippen molar-refractivity contribution in [1.82, 2.24) is 9.97 Å². The Balaban J connectivity index is 2.62. The van der Waals surface area contributed by atoms with E-state index in [4.69, 9.17) is 0 Å². The first-order chi connectivity index (χ1) is 6.72. The molecule has 5 heteroatoms. The molecule has 14 heavy (non-hydrogen) atoms. The molecule has 0 fully saturated rings. The number of hydrogen-bond acceptors (Lipinski definition) is 3. The number of methoxy groups -OCH3 is 1. The van der Waals surface area contributed by atoms with E-state index < -0.39 is 5.97 Å². The first-order valence-electron chi connectivity index (χ1n) is 3.95. The minimum Gasteiger partial charge on any atom is -0.463 e. The highest BCUT2D eigenvalue weighted by Crippen LogP contribution is 2.21. The van der Waals surface area contributed by atoms with Gasteiger partial charge in [0.15, 0.2) is 0 Å². The van der Waals surface area contributed by atoms with E-state index in [0.29, 0.717) is 0 Å². The van der Waals surface area contributed by atoms with Crippen molar-refractivity contribution < 1.29 is 9.53 Å². The van der Waals surface area contributed by atoms with Crippen molar-refractivity contribution in [2.24, 2.45) is 0 Å². The SMILES string of the molecule is COC(=O)c1nc2cccc(Br)c2[nH]1. The number of fused-ring (bicyclic) bond motifs is 1. The highest BCUT2D eigenvalue weighted by atomic mass is 79.9. The zero-order valence-electron chi connectivity index (χ0n) is 7.37. The molecule has 0 bridgehead atoms. The molecule has 0 atom stereocenters. The summed E-state index contributed by atoms with van der Waals surface area (Å²) in [4.78, 5) is 18.1. The topological polar surface area (TPSA) is 55.0 Å². The standard InChI is InChI=1S/C9H7BrN2O2/c1-14-9(13)8-11-6-4-2-3-5(10)7(6)12-8/h2-4H,1H3,(H,11,12). The van der Waals surface area contributed by atoms with Gasteiger partial charge in [-0.05, 0) is 28.1 Å². The van der Waals surface area contributed by atoms with Crippen LogP contribution in [0.3, 0.4) is 0 Å². The highest BCUT2D eigenvalue weighted by molar-refractivity contribution is 9.10. The van der Waals surface area contributed by atoms with Crippen LogP contribution in [0.25, 0.3) is 11.0 Å². The summed E-state index contributed by atoms with van der Waals surface area (Å²) < 4.78 is 5.43. The number of aromatic amines is 1. The van der Waals surface area contributed by atoms with E-state index in [-0.39, 0.29) is 5.82 Å². The Kier molecular flexibility index (Phi) is 2.25. The Bertz CT molecular complexity index is 493. The Morgan fingerprint density at radius 1 is 1.57 bits per heavy atom. The van der Waals surface area contributed by atoms with Crippen LogP contribution in [-0.2, 0) is 4.74 Å². The number of aromatic nitrogens is 2. The zero-order valence-corrected chi connectivity index (χ0v) is 8.96. The number of ether oxygens (including phenoxy) is 1. The number of hydrogen-bond donors (Lipinski definition) is 1. The number of para-hydroxylation sites is 1. The smallest absolute Gasteiger partial charge is 0.374 e. The maximum atomic E-state index is 11.2. The van der Waals surface area contributed by atoms with Crippen LogP contribution in [0.2, 0.25) is 0 Å². The summed E-state index contributed by atoms with van der Waals surface area (Å²) in [5.41, 5.74) is 1.53. The zero-order chi connectivity index (χ0) is 10.1. The Hall–Kier alpha value is -1.36. The van der Waals surface area contributed by atoms with Gasteiger partial charge in [-0.15, -0.1) is 0 Å². The number of carbonyl (C=O) groups excluding carboxylic acids is 1. The fourth-order valence-corrected chi connectivity index (χ4v) is 1.64. The summed E-state index contributed by atoms with van der Waals surface area (Å²) in [5.74, 6) is -0.248. The fourth-order valence-electron chi connectivity index (χ4n) is 1.19. The van der Waals surface area contributed by atoms with Gasteiger partial charge >= 0.3 is 5.97 Å². The van der Waals surface area contributed by atoms with Gasteiger partial charge in [-0.1, -0.05) is 6.07 Å². The lowest BCUT2D eigenvalue weighted by atomic mass is 10.3. The second-order valence-electron chi connectivity index (χ2n) is 2.71. The molecule has 1 aromatic carbocycles. The molecule has 1 N–H and O–H groups in total. The van der Waals surface area contributed by atoms with Gasteiger partial charge < -0.3 is 9.72 Å². The van der Waals surface area contributed by atoms with Crippen LogP contribution in [0.5, 0.6) is 0 Å². The summed E-state index contributed by atoms with van der Waals surface area (Å²) in [6.07, 6.45) is 0. The van der Waals surface area contributed by atoms with Gasteiger partial charge in [0.05, 0.1) is 18.1 Å². The lowest BCUT2D eigenvalue weighted by Crippen LogP contribution is -2.02. The molecule has 0 saturated carbocycles. The predicted molar refractivity (Wildman–Crippen MR) is 55.1 cm³/mol. The van der Waals surface area contributed by atoms with Gasteiger partial charge in [0.1, 0.15) is 0 Å². The Labute approximate surface area is 88.4 Å². The average Bonchev–Trinajstić information content (AvgIpc) is 2.62. The maximum absolute atomic E-state index is 11.2. The molecule has 0 aliphatic carbocycles. The van der Waals surface area contributed by atoms with Crippen molar-refractivity contribution >= 4 is 32.9 Å². The minimum atomic E-state index is -0.465. The molecule has 2 rings (SSSR count). The van der Waals surface area contributed by atoms with Crippen LogP contribution < -0.4 is 0 Å². The van der Waals surface area contributed by atoms with Crippen LogP contribution in [0, 0.1) is 0 Å². The summed E-state index contributed by atoms with van der Waals surface area (Å²) >= 11 is 3.36. The van der Waals surface area contributed by atoms with E-state index in [1.54, 1.807) is 0 Å². The van der Waals surface area contributed by atoms with Crippen molar-refractivity contribution in [2.75, 3.05) is 7.11 Å². The number of rotatable bonds is 1. The first-order valence-corrected chi connectivity index (χ1v) is 4.74. The number of benzene rings is 1. The molecule has 0 aliphatic rings. The molecule has 0 amide bonds. The second kappa shape index (κ2) is 3.42. The maximum Gasteiger partial charge on any atom is 0.374 e. The van der Waals surface area contributed by atoms with Crippen LogP contribution >= 0.6 is 15.9 Å². The fraction of sp³-hybridized carbons (Fsp3) is 0.111. The van der Waals surface area contributed by atoms with Crippen molar-refractivity contribution in [3.05, 3.63) is 28.5 Å². The largest absolute Gasteiger partial charge is 0.463 e. The summed E-state index contributed by atoms with van der Waals surface area (Å²) in [6, 6.07) is 5.55. The van der Waals surface area contributed by atoms with Crippen LogP contribution in [0.1, 0.15) is 10.6 Å². The predicted octanol–water partition coefficient (Wildman–Crippen LogP) is 2.11. The van der Waals surface area contributed by atoms with Crippen LogP contribution in [-0.4, -0.2) is 23.0 Å². The molecule has 0 unspecified atom stereocenters. The lowest BCUT2D eigenvalue weighted by Gasteiger charge is -1.91. The minimum absolute atomic E-state index is 0.217. The van der Waals surface area contributed by atoms with Gasteiger partial charge in [-0.3, -0.25) is 0 Å². The number of carbonyl (C=O) groups is 1. The summed E-state index contributed by atoms with van der Waals surface area (Å²) in [7, 11) is 1.32. The molecule has 72 valence electrons. The van der Waals surface area contributed by atoms with E-state index >= 15 is 0 Å². The third-order valence-corrected chi connectivity index (χ3v) is 2.51. The summed E-state index contributed by atoms with van der Waals surface area (Å²) in [5, 5.41) is 0. The van der Waals surface area contributed by atoms with E-state index in [1.165, 1.54) is 7.11 Å². The number of H-pyrrole nitrogens is 1. The number of imidazole rings is 1. The third kappa shape index (κ3) is 1.39. The third-order valence-electron chi connectivity index (χ3n) is 1.85. The average molecular weight is 255 g/mol. The molecule has 0 saturated heterocycles.